The number of imide groups is 1. The van der Waals surface area contributed by atoms with E-state index >= 15 is 0 Å². The van der Waals surface area contributed by atoms with Gasteiger partial charge < -0.3 is 4.74 Å². The number of nitrogens with zero attached hydrogens (tertiary/aromatic N) is 2. The van der Waals surface area contributed by atoms with Gasteiger partial charge in [-0.2, -0.15) is 0 Å². The second-order valence-corrected chi connectivity index (χ2v) is 8.10. The highest BCUT2D eigenvalue weighted by atomic mass is 32.2. The Morgan fingerprint density at radius 1 is 0.970 bits per heavy atom. The molecule has 0 aliphatic carbocycles. The highest BCUT2D eigenvalue weighted by Gasteiger charge is 2.36. The predicted molar refractivity (Wildman–Crippen MR) is 122 cm³/mol. The summed E-state index contributed by atoms with van der Waals surface area (Å²) in [5, 5.41) is 10.7. The number of para-hydroxylation sites is 1. The summed E-state index contributed by atoms with van der Waals surface area (Å²) in [6.07, 6.45) is 1.57. The first kappa shape index (κ1) is 22.2. The van der Waals surface area contributed by atoms with Gasteiger partial charge in [0.1, 0.15) is 18.2 Å². The summed E-state index contributed by atoms with van der Waals surface area (Å²) in [6, 6.07) is 19.1. The van der Waals surface area contributed by atoms with Crippen molar-refractivity contribution in [2.24, 2.45) is 0 Å². The lowest BCUT2D eigenvalue weighted by Gasteiger charge is -2.12. The summed E-state index contributed by atoms with van der Waals surface area (Å²) < 4.78 is 19.3. The first-order chi connectivity index (χ1) is 15.9. The second-order valence-electron chi connectivity index (χ2n) is 7.10. The zero-order valence-electron chi connectivity index (χ0n) is 17.1. The van der Waals surface area contributed by atoms with Crippen molar-refractivity contribution in [3.63, 3.8) is 0 Å². The maximum Gasteiger partial charge on any atom is 0.293 e. The zero-order valence-corrected chi connectivity index (χ0v) is 18.0. The van der Waals surface area contributed by atoms with Gasteiger partial charge in [0.2, 0.25) is 0 Å². The second kappa shape index (κ2) is 9.66. The van der Waals surface area contributed by atoms with Crippen LogP contribution in [-0.4, -0.2) is 21.0 Å². The Hall–Kier alpha value is -3.98. The quantitative estimate of drug-likeness (QED) is 0.259. The van der Waals surface area contributed by atoms with Crippen LogP contribution in [0.4, 0.5) is 14.9 Å². The van der Waals surface area contributed by atoms with Crippen LogP contribution in [0.25, 0.3) is 6.08 Å². The highest BCUT2D eigenvalue weighted by Crippen LogP contribution is 2.34. The van der Waals surface area contributed by atoms with Gasteiger partial charge >= 0.3 is 0 Å². The highest BCUT2D eigenvalue weighted by molar-refractivity contribution is 8.18. The standard InChI is InChI=1S/C24H17FN2O5S/c25-20-7-3-1-6-18(20)15-32-19-11-9-16(10-12-19)13-22-23(28)26(24(29)33-22)14-17-5-2-4-8-21(17)27(30)31/h1-13H,14-15H2. The zero-order chi connectivity index (χ0) is 23.4. The summed E-state index contributed by atoms with van der Waals surface area (Å²) in [6.45, 7) is -0.0987. The van der Waals surface area contributed by atoms with Gasteiger partial charge in [-0.3, -0.25) is 24.6 Å². The molecule has 1 fully saturated rings. The van der Waals surface area contributed by atoms with Crippen molar-refractivity contribution in [3.8, 4) is 5.75 Å². The minimum Gasteiger partial charge on any atom is -0.489 e. The molecule has 4 rings (SSSR count). The number of nitro benzene ring substituents is 1. The third-order valence-corrected chi connectivity index (χ3v) is 5.83. The molecule has 0 aromatic heterocycles. The Labute approximate surface area is 192 Å². The minimum atomic E-state index is -0.542. The number of amides is 2. The summed E-state index contributed by atoms with van der Waals surface area (Å²) in [4.78, 5) is 37.0. The molecule has 33 heavy (non-hydrogen) atoms. The fraction of sp³-hybridized carbons (Fsp3) is 0.0833. The smallest absolute Gasteiger partial charge is 0.293 e. The molecular formula is C24H17FN2O5S. The van der Waals surface area contributed by atoms with Crippen molar-refractivity contribution in [3.05, 3.63) is 110 Å². The number of hydrogen-bond acceptors (Lipinski definition) is 6. The largest absolute Gasteiger partial charge is 0.489 e. The molecule has 1 aliphatic heterocycles. The van der Waals surface area contributed by atoms with Crippen LogP contribution in [0.3, 0.4) is 0 Å². The number of halogens is 1. The maximum absolute atomic E-state index is 13.7. The molecule has 0 unspecified atom stereocenters. The first-order valence-corrected chi connectivity index (χ1v) is 10.7. The fourth-order valence-corrected chi connectivity index (χ4v) is 4.06. The molecule has 0 radical (unpaired) electrons. The van der Waals surface area contributed by atoms with Crippen LogP contribution in [0.2, 0.25) is 0 Å². The molecule has 0 bridgehead atoms. The van der Waals surface area contributed by atoms with Crippen molar-refractivity contribution in [1.29, 1.82) is 0 Å². The van der Waals surface area contributed by atoms with E-state index in [1.165, 1.54) is 24.3 Å². The Morgan fingerprint density at radius 2 is 1.64 bits per heavy atom. The van der Waals surface area contributed by atoms with Crippen molar-refractivity contribution >= 4 is 34.7 Å². The topological polar surface area (TPSA) is 89.8 Å². The van der Waals surface area contributed by atoms with E-state index in [2.05, 4.69) is 0 Å². The molecule has 166 valence electrons. The van der Waals surface area contributed by atoms with Crippen molar-refractivity contribution in [2.45, 2.75) is 13.2 Å². The number of nitro groups is 1. The van der Waals surface area contributed by atoms with Gasteiger partial charge in [-0.25, -0.2) is 4.39 Å². The van der Waals surface area contributed by atoms with Crippen molar-refractivity contribution in [1.82, 2.24) is 4.90 Å². The third kappa shape index (κ3) is 5.09. The number of hydrogen-bond donors (Lipinski definition) is 0. The van der Waals surface area contributed by atoms with Gasteiger partial charge in [-0.05, 0) is 41.6 Å². The Kier molecular flexibility index (Phi) is 6.50. The molecular weight excluding hydrogens is 447 g/mol. The Bertz CT molecular complexity index is 1260. The predicted octanol–water partition coefficient (Wildman–Crippen LogP) is 5.55. The molecule has 3 aromatic carbocycles. The average Bonchev–Trinajstić information content (AvgIpc) is 3.07. The lowest BCUT2D eigenvalue weighted by molar-refractivity contribution is -0.385. The van der Waals surface area contributed by atoms with E-state index in [0.717, 1.165) is 16.7 Å². The van der Waals surface area contributed by atoms with Gasteiger partial charge in [0, 0.05) is 17.2 Å². The van der Waals surface area contributed by atoms with Crippen LogP contribution in [0.1, 0.15) is 16.7 Å². The van der Waals surface area contributed by atoms with Gasteiger partial charge in [-0.1, -0.05) is 48.5 Å². The van der Waals surface area contributed by atoms with Gasteiger partial charge in [0.15, 0.2) is 0 Å². The normalized spacial score (nSPS) is 14.7. The average molecular weight is 464 g/mol. The van der Waals surface area contributed by atoms with Crippen LogP contribution in [0.15, 0.2) is 77.7 Å². The van der Waals surface area contributed by atoms with Gasteiger partial charge in [0.25, 0.3) is 16.8 Å². The summed E-state index contributed by atoms with van der Waals surface area (Å²) >= 11 is 0.779. The van der Waals surface area contributed by atoms with E-state index < -0.39 is 16.1 Å². The molecule has 0 saturated carbocycles. The molecule has 0 spiro atoms. The number of rotatable bonds is 7. The molecule has 1 heterocycles. The van der Waals surface area contributed by atoms with Crippen LogP contribution in [0.5, 0.6) is 5.75 Å². The SMILES string of the molecule is O=C1SC(=Cc2ccc(OCc3ccccc3F)cc2)C(=O)N1Cc1ccccc1[N+](=O)[O-]. The third-order valence-electron chi connectivity index (χ3n) is 4.92. The molecule has 0 N–H and O–H groups in total. The summed E-state index contributed by atoms with van der Waals surface area (Å²) in [5.41, 5.74) is 1.24. The lowest BCUT2D eigenvalue weighted by atomic mass is 10.1. The van der Waals surface area contributed by atoms with Crippen LogP contribution < -0.4 is 4.74 Å². The molecule has 1 saturated heterocycles. The van der Waals surface area contributed by atoms with E-state index in [1.807, 2.05) is 0 Å². The van der Waals surface area contributed by atoms with Crippen LogP contribution in [-0.2, 0) is 17.9 Å². The van der Waals surface area contributed by atoms with Gasteiger partial charge in [-0.15, -0.1) is 0 Å². The number of benzene rings is 3. The summed E-state index contributed by atoms with van der Waals surface area (Å²) in [5.74, 6) is -0.325. The molecule has 7 nitrogen and oxygen atoms in total. The van der Waals surface area contributed by atoms with E-state index in [-0.39, 0.29) is 35.1 Å². The van der Waals surface area contributed by atoms with E-state index in [1.54, 1.807) is 54.6 Å². The molecule has 2 amide bonds. The first-order valence-electron chi connectivity index (χ1n) is 9.86. The number of carbonyl (C=O) groups is 2. The number of carbonyl (C=O) groups excluding carboxylic acids is 2. The van der Waals surface area contributed by atoms with Crippen LogP contribution >= 0.6 is 11.8 Å². The molecule has 0 atom stereocenters. The minimum absolute atomic E-state index is 0.0799. The monoisotopic (exact) mass is 464 g/mol. The maximum atomic E-state index is 13.7. The molecule has 1 aliphatic rings. The Morgan fingerprint density at radius 3 is 2.33 bits per heavy atom. The molecule has 3 aromatic rings. The van der Waals surface area contributed by atoms with E-state index in [0.29, 0.717) is 16.9 Å². The van der Waals surface area contributed by atoms with E-state index in [4.69, 9.17) is 4.74 Å². The van der Waals surface area contributed by atoms with Gasteiger partial charge in [0.05, 0.1) is 16.4 Å². The number of ether oxygens (including phenoxy) is 1. The van der Waals surface area contributed by atoms with Crippen LogP contribution in [0, 0.1) is 15.9 Å². The van der Waals surface area contributed by atoms with Crippen molar-refractivity contribution < 1.29 is 23.6 Å². The lowest BCUT2D eigenvalue weighted by Crippen LogP contribution is -2.27. The van der Waals surface area contributed by atoms with Crippen molar-refractivity contribution in [2.75, 3.05) is 0 Å². The Balaban J connectivity index is 1.44. The summed E-state index contributed by atoms with van der Waals surface area (Å²) in [7, 11) is 0. The van der Waals surface area contributed by atoms with E-state index in [9.17, 15) is 24.1 Å². The number of thioether (sulfide) groups is 1. The fourth-order valence-electron chi connectivity index (χ4n) is 3.22. The molecule has 9 heteroatoms.